The Labute approximate surface area is 190 Å². The minimum absolute atomic E-state index is 0.117. The monoisotopic (exact) mass is 445 g/mol. The van der Waals surface area contributed by atoms with Gasteiger partial charge in [-0.05, 0) is 31.0 Å². The first-order valence-corrected chi connectivity index (χ1v) is 11.1. The number of aryl methyl sites for hydroxylation is 2. The van der Waals surface area contributed by atoms with Crippen LogP contribution in [0.15, 0.2) is 76.7 Å². The molecule has 1 unspecified atom stereocenters. The molecule has 0 fully saturated rings. The van der Waals surface area contributed by atoms with Crippen LogP contribution in [0.25, 0.3) is 0 Å². The number of anilines is 1. The Hall–Kier alpha value is -3.71. The van der Waals surface area contributed by atoms with Crippen molar-refractivity contribution in [2.24, 2.45) is 0 Å². The highest BCUT2D eigenvalue weighted by Gasteiger charge is 2.18. The van der Waals surface area contributed by atoms with Crippen LogP contribution in [0, 0.1) is 13.8 Å². The van der Waals surface area contributed by atoms with Crippen molar-refractivity contribution in [1.82, 2.24) is 10.3 Å². The van der Waals surface area contributed by atoms with E-state index >= 15 is 0 Å². The molecule has 0 aliphatic rings. The molecule has 2 heterocycles. The van der Waals surface area contributed by atoms with E-state index in [4.69, 9.17) is 4.42 Å². The molecule has 0 radical (unpaired) electrons. The molecule has 2 aromatic heterocycles. The number of rotatable bonds is 7. The van der Waals surface area contributed by atoms with E-state index in [0.717, 1.165) is 16.7 Å². The summed E-state index contributed by atoms with van der Waals surface area (Å²) in [5.41, 5.74) is 4.24. The van der Waals surface area contributed by atoms with Crippen molar-refractivity contribution in [3.63, 3.8) is 0 Å². The molecule has 2 aromatic carbocycles. The maximum Gasteiger partial charge on any atom is 0.260 e. The topological polar surface area (TPSA) is 84.2 Å². The van der Waals surface area contributed by atoms with Gasteiger partial charge in [0.25, 0.3) is 5.91 Å². The number of aromatic nitrogens is 1. The van der Waals surface area contributed by atoms with Crippen molar-refractivity contribution < 1.29 is 14.0 Å². The van der Waals surface area contributed by atoms with E-state index in [0.29, 0.717) is 22.1 Å². The summed E-state index contributed by atoms with van der Waals surface area (Å²) in [6, 6.07) is 19.4. The molecule has 162 valence electrons. The van der Waals surface area contributed by atoms with Gasteiger partial charge in [-0.15, -0.1) is 11.3 Å². The maximum absolute atomic E-state index is 12.9. The van der Waals surface area contributed by atoms with Crippen molar-refractivity contribution in [3.8, 4) is 0 Å². The van der Waals surface area contributed by atoms with Crippen molar-refractivity contribution in [2.75, 3.05) is 5.32 Å². The lowest BCUT2D eigenvalue weighted by molar-refractivity contribution is -0.121. The number of benzene rings is 2. The van der Waals surface area contributed by atoms with Crippen molar-refractivity contribution >= 4 is 28.3 Å². The number of furan rings is 1. The number of nitrogens with one attached hydrogen (secondary N) is 2. The average Bonchev–Trinajstić information content (AvgIpc) is 3.42. The molecular weight excluding hydrogens is 422 g/mol. The van der Waals surface area contributed by atoms with E-state index in [2.05, 4.69) is 15.6 Å². The number of carbonyl (C=O) groups excluding carboxylic acids is 2. The van der Waals surface area contributed by atoms with Crippen molar-refractivity contribution in [1.29, 1.82) is 0 Å². The van der Waals surface area contributed by atoms with E-state index in [1.54, 1.807) is 18.4 Å². The van der Waals surface area contributed by atoms with Crippen LogP contribution in [-0.2, 0) is 11.2 Å². The summed E-state index contributed by atoms with van der Waals surface area (Å²) in [7, 11) is 0. The van der Waals surface area contributed by atoms with E-state index < -0.39 is 0 Å². The Bertz CT molecular complexity index is 1210. The van der Waals surface area contributed by atoms with Crippen LogP contribution in [-0.4, -0.2) is 16.8 Å². The van der Waals surface area contributed by atoms with Gasteiger partial charge in [-0.1, -0.05) is 60.2 Å². The van der Waals surface area contributed by atoms with Crippen LogP contribution in [0.2, 0.25) is 0 Å². The quantitative estimate of drug-likeness (QED) is 0.417. The molecule has 0 saturated carbocycles. The summed E-state index contributed by atoms with van der Waals surface area (Å²) in [6.45, 7) is 3.76. The summed E-state index contributed by atoms with van der Waals surface area (Å²) >= 11 is 1.28. The second-order valence-electron chi connectivity index (χ2n) is 7.49. The zero-order valence-electron chi connectivity index (χ0n) is 17.8. The van der Waals surface area contributed by atoms with Gasteiger partial charge in [0.05, 0.1) is 30.0 Å². The van der Waals surface area contributed by atoms with Gasteiger partial charge < -0.3 is 9.73 Å². The van der Waals surface area contributed by atoms with Crippen LogP contribution in [0.3, 0.4) is 0 Å². The first kappa shape index (κ1) is 21.5. The summed E-state index contributed by atoms with van der Waals surface area (Å²) in [5, 5.41) is 8.10. The first-order valence-electron chi connectivity index (χ1n) is 10.2. The number of thiazole rings is 1. The predicted molar refractivity (Wildman–Crippen MR) is 125 cm³/mol. The molecule has 2 N–H and O–H groups in total. The van der Waals surface area contributed by atoms with E-state index in [1.165, 1.54) is 17.6 Å². The van der Waals surface area contributed by atoms with Gasteiger partial charge in [0.1, 0.15) is 5.76 Å². The third-order valence-electron chi connectivity index (χ3n) is 5.07. The van der Waals surface area contributed by atoms with Gasteiger partial charge in [0, 0.05) is 5.38 Å². The standard InChI is InChI=1S/C25H23N3O3S/c1-16-8-10-19(11-9-16)23(18-6-4-3-5-7-18)27-22(29)14-20-15-32-25(26-20)28-24(30)21-12-13-31-17(21)2/h3-13,15,23H,14H2,1-2H3,(H,27,29)(H,26,28,30). The van der Waals surface area contributed by atoms with Gasteiger partial charge in [-0.2, -0.15) is 0 Å². The molecular formula is C25H23N3O3S. The Kier molecular flexibility index (Phi) is 6.47. The minimum Gasteiger partial charge on any atom is -0.469 e. The molecule has 1 atom stereocenters. The number of hydrogen-bond donors (Lipinski definition) is 2. The lowest BCUT2D eigenvalue weighted by Crippen LogP contribution is -2.30. The summed E-state index contributed by atoms with van der Waals surface area (Å²) in [6.07, 6.45) is 1.59. The molecule has 4 rings (SSSR count). The first-order chi connectivity index (χ1) is 15.5. The third-order valence-corrected chi connectivity index (χ3v) is 5.87. The second kappa shape index (κ2) is 9.62. The maximum atomic E-state index is 12.9. The Morgan fingerprint density at radius 2 is 1.72 bits per heavy atom. The highest BCUT2D eigenvalue weighted by Crippen LogP contribution is 2.23. The van der Waals surface area contributed by atoms with Crippen molar-refractivity contribution in [3.05, 3.63) is 106 Å². The zero-order valence-corrected chi connectivity index (χ0v) is 18.6. The molecule has 0 bridgehead atoms. The largest absolute Gasteiger partial charge is 0.469 e. The average molecular weight is 446 g/mol. The molecule has 4 aromatic rings. The molecule has 0 aliphatic heterocycles. The molecule has 6 nitrogen and oxygen atoms in total. The van der Waals surface area contributed by atoms with E-state index in [1.807, 2.05) is 61.5 Å². The fourth-order valence-electron chi connectivity index (χ4n) is 3.37. The molecule has 7 heteroatoms. The van der Waals surface area contributed by atoms with Gasteiger partial charge in [-0.3, -0.25) is 14.9 Å². The smallest absolute Gasteiger partial charge is 0.260 e. The molecule has 0 aliphatic carbocycles. The lowest BCUT2D eigenvalue weighted by Gasteiger charge is -2.20. The Morgan fingerprint density at radius 3 is 2.41 bits per heavy atom. The van der Waals surface area contributed by atoms with Crippen LogP contribution in [0.5, 0.6) is 0 Å². The normalized spacial score (nSPS) is 11.7. The Morgan fingerprint density at radius 1 is 1.00 bits per heavy atom. The Balaban J connectivity index is 1.44. The fraction of sp³-hybridized carbons (Fsp3) is 0.160. The number of carbonyl (C=O) groups is 2. The second-order valence-corrected chi connectivity index (χ2v) is 8.35. The van der Waals surface area contributed by atoms with Crippen LogP contribution in [0.1, 0.15) is 44.5 Å². The van der Waals surface area contributed by atoms with Gasteiger partial charge in [0.2, 0.25) is 5.91 Å². The number of hydrogen-bond acceptors (Lipinski definition) is 5. The SMILES string of the molecule is Cc1ccc(C(NC(=O)Cc2csc(NC(=O)c3ccoc3C)n2)c2ccccc2)cc1. The third kappa shape index (κ3) is 5.12. The highest BCUT2D eigenvalue weighted by molar-refractivity contribution is 7.14. The van der Waals surface area contributed by atoms with Crippen LogP contribution in [0.4, 0.5) is 5.13 Å². The predicted octanol–water partition coefficient (Wildman–Crippen LogP) is 5.05. The summed E-state index contributed by atoms with van der Waals surface area (Å²) in [5.74, 6) is 0.111. The van der Waals surface area contributed by atoms with Crippen molar-refractivity contribution in [2.45, 2.75) is 26.3 Å². The van der Waals surface area contributed by atoms with E-state index in [9.17, 15) is 9.59 Å². The fourth-order valence-corrected chi connectivity index (χ4v) is 4.08. The minimum atomic E-state index is -0.287. The molecule has 0 spiro atoms. The highest BCUT2D eigenvalue weighted by atomic mass is 32.1. The number of nitrogens with zero attached hydrogens (tertiary/aromatic N) is 1. The molecule has 2 amide bonds. The molecule has 0 saturated heterocycles. The van der Waals surface area contributed by atoms with E-state index in [-0.39, 0.29) is 24.3 Å². The van der Waals surface area contributed by atoms with Gasteiger partial charge in [-0.25, -0.2) is 4.98 Å². The van der Waals surface area contributed by atoms with Gasteiger partial charge >= 0.3 is 0 Å². The zero-order chi connectivity index (χ0) is 22.5. The summed E-state index contributed by atoms with van der Waals surface area (Å²) < 4.78 is 5.17. The van der Waals surface area contributed by atoms with Crippen LogP contribution < -0.4 is 10.6 Å². The summed E-state index contributed by atoms with van der Waals surface area (Å²) in [4.78, 5) is 29.6. The molecule has 32 heavy (non-hydrogen) atoms. The lowest BCUT2D eigenvalue weighted by atomic mass is 9.97. The number of amides is 2. The van der Waals surface area contributed by atoms with Gasteiger partial charge in [0.15, 0.2) is 5.13 Å². The van der Waals surface area contributed by atoms with Crippen LogP contribution >= 0.6 is 11.3 Å².